The van der Waals surface area contributed by atoms with Gasteiger partial charge in [-0.1, -0.05) is 29.4 Å². The number of carbonyl (C=O) groups excluding carboxylic acids is 1. The Morgan fingerprint density at radius 2 is 2.24 bits per heavy atom. The molecule has 21 heavy (non-hydrogen) atoms. The van der Waals surface area contributed by atoms with Crippen molar-refractivity contribution < 1.29 is 4.79 Å². The molecule has 1 aromatic heterocycles. The lowest BCUT2D eigenvalue weighted by molar-refractivity contribution is -0.113. The number of carbonyl (C=O) groups is 1. The molecular weight excluding hydrogens is 308 g/mol. The van der Waals surface area contributed by atoms with Crippen molar-refractivity contribution in [3.05, 3.63) is 35.1 Å². The van der Waals surface area contributed by atoms with Crippen LogP contribution in [0, 0.1) is 6.92 Å². The van der Waals surface area contributed by atoms with E-state index < -0.39 is 0 Å². The Labute approximate surface area is 133 Å². The van der Waals surface area contributed by atoms with Crippen LogP contribution < -0.4 is 5.32 Å². The van der Waals surface area contributed by atoms with Gasteiger partial charge in [0.15, 0.2) is 5.16 Å². The minimum Gasteiger partial charge on any atom is -0.325 e. The number of amides is 1. The van der Waals surface area contributed by atoms with Gasteiger partial charge >= 0.3 is 0 Å². The summed E-state index contributed by atoms with van der Waals surface area (Å²) in [6.07, 6.45) is 1.67. The standard InChI is InChI=1S/C14H17ClN4OS/c1-9(2)19-8-16-18-14(19)21-7-13(20)17-11-5-4-10(3)12(15)6-11/h4-6,8-9H,7H2,1-3H3,(H,17,20). The normalized spacial score (nSPS) is 10.9. The molecule has 1 heterocycles. The van der Waals surface area contributed by atoms with Crippen LogP contribution in [0.25, 0.3) is 0 Å². The molecule has 0 aliphatic carbocycles. The van der Waals surface area contributed by atoms with Crippen molar-refractivity contribution in [1.82, 2.24) is 14.8 Å². The smallest absolute Gasteiger partial charge is 0.234 e. The summed E-state index contributed by atoms with van der Waals surface area (Å²) in [5.41, 5.74) is 1.68. The lowest BCUT2D eigenvalue weighted by atomic mass is 10.2. The van der Waals surface area contributed by atoms with Crippen molar-refractivity contribution in [3.63, 3.8) is 0 Å². The minimum atomic E-state index is -0.0989. The molecule has 112 valence electrons. The molecule has 0 spiro atoms. The third kappa shape index (κ3) is 4.22. The first-order valence-electron chi connectivity index (χ1n) is 6.55. The van der Waals surface area contributed by atoms with Gasteiger partial charge in [-0.25, -0.2) is 0 Å². The number of nitrogens with one attached hydrogen (secondary N) is 1. The van der Waals surface area contributed by atoms with Crippen LogP contribution in [-0.4, -0.2) is 26.4 Å². The molecule has 1 amide bonds. The van der Waals surface area contributed by atoms with Crippen LogP contribution in [-0.2, 0) is 4.79 Å². The number of rotatable bonds is 5. The number of benzene rings is 1. The van der Waals surface area contributed by atoms with E-state index >= 15 is 0 Å². The summed E-state index contributed by atoms with van der Waals surface area (Å²) in [6, 6.07) is 5.72. The topological polar surface area (TPSA) is 59.8 Å². The number of hydrogen-bond donors (Lipinski definition) is 1. The number of thioether (sulfide) groups is 1. The van der Waals surface area contributed by atoms with Gasteiger partial charge in [0.05, 0.1) is 5.75 Å². The summed E-state index contributed by atoms with van der Waals surface area (Å²) in [5.74, 6) is 0.176. The molecule has 0 unspecified atom stereocenters. The number of halogens is 1. The van der Waals surface area contributed by atoms with E-state index in [1.54, 1.807) is 12.4 Å². The summed E-state index contributed by atoms with van der Waals surface area (Å²) in [6.45, 7) is 6.01. The van der Waals surface area contributed by atoms with E-state index in [4.69, 9.17) is 11.6 Å². The molecule has 0 saturated carbocycles. The highest BCUT2D eigenvalue weighted by Crippen LogP contribution is 2.21. The highest BCUT2D eigenvalue weighted by molar-refractivity contribution is 7.99. The van der Waals surface area contributed by atoms with E-state index in [-0.39, 0.29) is 17.7 Å². The molecule has 1 N–H and O–H groups in total. The average Bonchev–Trinajstić information content (AvgIpc) is 2.89. The van der Waals surface area contributed by atoms with Gasteiger partial charge < -0.3 is 9.88 Å². The molecule has 0 saturated heterocycles. The van der Waals surface area contributed by atoms with Crippen molar-refractivity contribution >= 4 is 35.0 Å². The molecule has 7 heteroatoms. The number of aromatic nitrogens is 3. The third-order valence-electron chi connectivity index (χ3n) is 2.88. The zero-order valence-electron chi connectivity index (χ0n) is 12.1. The molecule has 0 aliphatic rings. The first kappa shape index (κ1) is 15.9. The van der Waals surface area contributed by atoms with E-state index in [1.165, 1.54) is 11.8 Å². The van der Waals surface area contributed by atoms with Crippen LogP contribution in [0.3, 0.4) is 0 Å². The maximum atomic E-state index is 12.0. The number of anilines is 1. The summed E-state index contributed by atoms with van der Waals surface area (Å²) < 4.78 is 1.93. The van der Waals surface area contributed by atoms with Gasteiger partial charge in [0.25, 0.3) is 0 Å². The zero-order chi connectivity index (χ0) is 15.4. The van der Waals surface area contributed by atoms with Gasteiger partial charge in [0.2, 0.25) is 5.91 Å². The molecular formula is C14H17ClN4OS. The highest BCUT2D eigenvalue weighted by atomic mass is 35.5. The fourth-order valence-electron chi connectivity index (χ4n) is 1.69. The Morgan fingerprint density at radius 3 is 2.90 bits per heavy atom. The summed E-state index contributed by atoms with van der Waals surface area (Å²) in [5, 5.41) is 12.1. The van der Waals surface area contributed by atoms with Crippen molar-refractivity contribution in [2.45, 2.75) is 32.0 Å². The van der Waals surface area contributed by atoms with Crippen LogP contribution >= 0.6 is 23.4 Å². The highest BCUT2D eigenvalue weighted by Gasteiger charge is 2.11. The molecule has 0 atom stereocenters. The fourth-order valence-corrected chi connectivity index (χ4v) is 2.71. The predicted molar refractivity (Wildman–Crippen MR) is 85.9 cm³/mol. The van der Waals surface area contributed by atoms with Crippen molar-refractivity contribution in [2.75, 3.05) is 11.1 Å². The average molecular weight is 325 g/mol. The Morgan fingerprint density at radius 1 is 1.48 bits per heavy atom. The fraction of sp³-hybridized carbons (Fsp3) is 0.357. The second-order valence-electron chi connectivity index (χ2n) is 4.92. The molecule has 0 radical (unpaired) electrons. The quantitative estimate of drug-likeness (QED) is 0.854. The molecule has 0 aliphatic heterocycles. The molecule has 0 fully saturated rings. The van der Waals surface area contributed by atoms with E-state index in [9.17, 15) is 4.79 Å². The molecule has 1 aromatic carbocycles. The van der Waals surface area contributed by atoms with Gasteiger partial charge in [-0.2, -0.15) is 0 Å². The Kier molecular flexibility index (Phi) is 5.25. The van der Waals surface area contributed by atoms with Gasteiger partial charge in [0, 0.05) is 16.8 Å². The lowest BCUT2D eigenvalue weighted by Gasteiger charge is -2.09. The predicted octanol–water partition coefficient (Wildman–Crippen LogP) is 3.55. The van der Waals surface area contributed by atoms with Crippen LogP contribution in [0.15, 0.2) is 29.7 Å². The van der Waals surface area contributed by atoms with Crippen LogP contribution in [0.5, 0.6) is 0 Å². The number of nitrogens with zero attached hydrogens (tertiary/aromatic N) is 3. The second kappa shape index (κ2) is 6.95. The molecule has 0 bridgehead atoms. The largest absolute Gasteiger partial charge is 0.325 e. The van der Waals surface area contributed by atoms with Gasteiger partial charge in [-0.3, -0.25) is 4.79 Å². The van der Waals surface area contributed by atoms with Gasteiger partial charge in [-0.05, 0) is 38.5 Å². The maximum Gasteiger partial charge on any atom is 0.234 e. The number of aryl methyl sites for hydroxylation is 1. The number of hydrogen-bond acceptors (Lipinski definition) is 4. The molecule has 2 rings (SSSR count). The van der Waals surface area contributed by atoms with Crippen LogP contribution in [0.1, 0.15) is 25.5 Å². The lowest BCUT2D eigenvalue weighted by Crippen LogP contribution is -2.14. The molecule has 5 nitrogen and oxygen atoms in total. The van der Waals surface area contributed by atoms with Crippen LogP contribution in [0.4, 0.5) is 5.69 Å². The minimum absolute atomic E-state index is 0.0989. The van der Waals surface area contributed by atoms with Crippen molar-refractivity contribution in [1.29, 1.82) is 0 Å². The first-order chi connectivity index (χ1) is 9.97. The van der Waals surface area contributed by atoms with E-state index in [0.717, 1.165) is 10.7 Å². The summed E-state index contributed by atoms with van der Waals surface area (Å²) >= 11 is 7.39. The van der Waals surface area contributed by atoms with Crippen molar-refractivity contribution in [2.24, 2.45) is 0 Å². The molecule has 2 aromatic rings. The van der Waals surface area contributed by atoms with Crippen molar-refractivity contribution in [3.8, 4) is 0 Å². The second-order valence-corrected chi connectivity index (χ2v) is 6.27. The van der Waals surface area contributed by atoms with E-state index in [2.05, 4.69) is 15.5 Å². The Hall–Kier alpha value is -1.53. The maximum absolute atomic E-state index is 12.0. The zero-order valence-corrected chi connectivity index (χ0v) is 13.7. The van der Waals surface area contributed by atoms with Gasteiger partial charge in [0.1, 0.15) is 6.33 Å². The Balaban J connectivity index is 1.93. The van der Waals surface area contributed by atoms with Gasteiger partial charge in [-0.15, -0.1) is 10.2 Å². The van der Waals surface area contributed by atoms with E-state index in [1.807, 2.05) is 37.5 Å². The van der Waals surface area contributed by atoms with Crippen LogP contribution in [0.2, 0.25) is 5.02 Å². The third-order valence-corrected chi connectivity index (χ3v) is 4.25. The summed E-state index contributed by atoms with van der Waals surface area (Å²) in [4.78, 5) is 12.0. The monoisotopic (exact) mass is 324 g/mol. The Bertz CT molecular complexity index is 642. The first-order valence-corrected chi connectivity index (χ1v) is 7.92. The SMILES string of the molecule is Cc1ccc(NC(=O)CSc2nncn2C(C)C)cc1Cl. The van der Waals surface area contributed by atoms with E-state index in [0.29, 0.717) is 10.7 Å². The summed E-state index contributed by atoms with van der Waals surface area (Å²) in [7, 11) is 0.